The van der Waals surface area contributed by atoms with Crippen LogP contribution in [0, 0.1) is 0 Å². The Morgan fingerprint density at radius 3 is 2.44 bits per heavy atom. The number of rotatable bonds is 6. The molecule has 1 aromatic rings. The fraction of sp³-hybridized carbons (Fsp3) is 0.400. The summed E-state index contributed by atoms with van der Waals surface area (Å²) in [5.74, 6) is -3.51. The van der Waals surface area contributed by atoms with Gasteiger partial charge in [0.2, 0.25) is 9.84 Å². The first kappa shape index (κ1) is 14.8. The lowest BCUT2D eigenvalue weighted by Gasteiger charge is -2.14. The van der Waals surface area contributed by atoms with E-state index in [0.717, 1.165) is 6.07 Å². The Morgan fingerprint density at radius 1 is 1.28 bits per heavy atom. The van der Waals surface area contributed by atoms with E-state index in [1.165, 1.54) is 18.2 Å². The van der Waals surface area contributed by atoms with Crippen LogP contribution in [0.2, 0.25) is 0 Å². The van der Waals surface area contributed by atoms with Gasteiger partial charge in [0, 0.05) is 6.54 Å². The molecule has 0 amide bonds. The van der Waals surface area contributed by atoms with Crippen molar-refractivity contribution < 1.29 is 27.4 Å². The largest absolute Gasteiger partial charge is 0.394 e. The van der Waals surface area contributed by atoms with Crippen LogP contribution in [0.4, 0.5) is 14.5 Å². The molecule has 8 heteroatoms. The Balaban J connectivity index is 3.01. The first-order valence-electron chi connectivity index (χ1n) is 5.03. The molecule has 18 heavy (non-hydrogen) atoms. The molecule has 3 N–H and O–H groups in total. The van der Waals surface area contributed by atoms with E-state index in [0.29, 0.717) is 0 Å². The van der Waals surface area contributed by atoms with Gasteiger partial charge in [0.15, 0.2) is 0 Å². The highest BCUT2D eigenvalue weighted by Crippen LogP contribution is 2.25. The van der Waals surface area contributed by atoms with Crippen molar-refractivity contribution in [3.05, 3.63) is 24.3 Å². The van der Waals surface area contributed by atoms with E-state index >= 15 is 0 Å². The predicted octanol–water partition coefficient (Wildman–Crippen LogP) is 0.448. The Kier molecular flexibility index (Phi) is 5.00. The number of aliphatic hydroxyl groups is 2. The summed E-state index contributed by atoms with van der Waals surface area (Å²) in [6.45, 7) is -0.664. The van der Waals surface area contributed by atoms with Crippen molar-refractivity contribution in [2.24, 2.45) is 0 Å². The molecular formula is C10H13F2NO4S. The van der Waals surface area contributed by atoms with E-state index in [1.807, 2.05) is 0 Å². The SMILES string of the molecule is O=S(=O)(c1ccccc1NCC(O)CO)C(F)F. The molecule has 0 bridgehead atoms. The van der Waals surface area contributed by atoms with Gasteiger partial charge in [0.05, 0.1) is 23.3 Å². The summed E-state index contributed by atoms with van der Waals surface area (Å²) in [6, 6.07) is 5.15. The lowest BCUT2D eigenvalue weighted by molar-refractivity contribution is 0.105. The van der Waals surface area contributed by atoms with Gasteiger partial charge >= 0.3 is 5.76 Å². The van der Waals surface area contributed by atoms with E-state index < -0.39 is 33.2 Å². The third-order valence-corrected chi connectivity index (χ3v) is 3.61. The van der Waals surface area contributed by atoms with Crippen LogP contribution in [0.3, 0.4) is 0 Å². The van der Waals surface area contributed by atoms with Gasteiger partial charge in [-0.1, -0.05) is 12.1 Å². The zero-order valence-corrected chi connectivity index (χ0v) is 10.1. The zero-order valence-electron chi connectivity index (χ0n) is 9.25. The molecule has 0 spiro atoms. The van der Waals surface area contributed by atoms with Gasteiger partial charge in [-0.05, 0) is 12.1 Å². The minimum atomic E-state index is -4.70. The van der Waals surface area contributed by atoms with Crippen LogP contribution in [-0.4, -0.2) is 43.6 Å². The van der Waals surface area contributed by atoms with Crippen LogP contribution in [-0.2, 0) is 9.84 Å². The topological polar surface area (TPSA) is 86.6 Å². The third kappa shape index (κ3) is 3.37. The van der Waals surface area contributed by atoms with Crippen LogP contribution in [0.5, 0.6) is 0 Å². The van der Waals surface area contributed by atoms with E-state index in [9.17, 15) is 17.2 Å². The van der Waals surface area contributed by atoms with Gasteiger partial charge in [-0.15, -0.1) is 0 Å². The van der Waals surface area contributed by atoms with E-state index in [4.69, 9.17) is 10.2 Å². The van der Waals surface area contributed by atoms with Gasteiger partial charge in [-0.3, -0.25) is 0 Å². The highest BCUT2D eigenvalue weighted by Gasteiger charge is 2.28. The summed E-state index contributed by atoms with van der Waals surface area (Å²) >= 11 is 0. The summed E-state index contributed by atoms with van der Waals surface area (Å²) in [5, 5.41) is 20.2. The smallest absolute Gasteiger partial charge is 0.341 e. The van der Waals surface area contributed by atoms with Crippen molar-refractivity contribution in [3.63, 3.8) is 0 Å². The summed E-state index contributed by atoms with van der Waals surface area (Å²) in [7, 11) is -4.70. The minimum absolute atomic E-state index is 0.0368. The van der Waals surface area contributed by atoms with Crippen LogP contribution in [0.15, 0.2) is 29.2 Å². The lowest BCUT2D eigenvalue weighted by atomic mass is 10.3. The normalized spacial score (nSPS) is 13.6. The average molecular weight is 281 g/mol. The Morgan fingerprint density at radius 2 is 1.89 bits per heavy atom. The van der Waals surface area contributed by atoms with E-state index in [2.05, 4.69) is 5.32 Å². The highest BCUT2D eigenvalue weighted by molar-refractivity contribution is 7.91. The Hall–Kier alpha value is -1.25. The molecule has 5 nitrogen and oxygen atoms in total. The van der Waals surface area contributed by atoms with Crippen LogP contribution in [0.1, 0.15) is 0 Å². The van der Waals surface area contributed by atoms with Crippen molar-refractivity contribution in [2.45, 2.75) is 16.8 Å². The van der Waals surface area contributed by atoms with Crippen molar-refractivity contribution in [1.82, 2.24) is 0 Å². The quantitative estimate of drug-likeness (QED) is 0.704. The molecule has 1 aromatic carbocycles. The molecule has 102 valence electrons. The second kappa shape index (κ2) is 6.07. The van der Waals surface area contributed by atoms with E-state index in [-0.39, 0.29) is 12.2 Å². The molecule has 1 unspecified atom stereocenters. The number of anilines is 1. The number of hydrogen-bond donors (Lipinski definition) is 3. The third-order valence-electron chi connectivity index (χ3n) is 2.17. The fourth-order valence-electron chi connectivity index (χ4n) is 1.25. The van der Waals surface area contributed by atoms with Crippen LogP contribution in [0.25, 0.3) is 0 Å². The molecule has 0 fully saturated rings. The van der Waals surface area contributed by atoms with Gasteiger partial charge in [-0.25, -0.2) is 8.42 Å². The number of aliphatic hydroxyl groups excluding tert-OH is 2. The standard InChI is InChI=1S/C10H13F2NO4S/c11-10(12)18(16,17)9-4-2-1-3-8(9)13-5-7(15)6-14/h1-4,7,10,13-15H,5-6H2. The second-order valence-electron chi connectivity index (χ2n) is 3.52. The summed E-state index contributed by atoms with van der Waals surface area (Å²) in [5.41, 5.74) is -0.0368. The average Bonchev–Trinajstić information content (AvgIpc) is 2.35. The van der Waals surface area contributed by atoms with Gasteiger partial charge in [-0.2, -0.15) is 8.78 Å². The number of benzene rings is 1. The maximum atomic E-state index is 12.4. The lowest BCUT2D eigenvalue weighted by Crippen LogP contribution is -2.24. The Bertz CT molecular complexity index is 492. The second-order valence-corrected chi connectivity index (χ2v) is 5.41. The molecule has 0 saturated heterocycles. The van der Waals surface area contributed by atoms with Crippen molar-refractivity contribution in [1.29, 1.82) is 0 Å². The molecular weight excluding hydrogens is 268 g/mol. The molecule has 0 aliphatic carbocycles. The zero-order chi connectivity index (χ0) is 13.8. The molecule has 0 aromatic heterocycles. The van der Waals surface area contributed by atoms with Crippen molar-refractivity contribution in [2.75, 3.05) is 18.5 Å². The fourth-order valence-corrected chi connectivity index (χ4v) is 2.16. The summed E-state index contributed by atoms with van der Waals surface area (Å²) < 4.78 is 47.6. The van der Waals surface area contributed by atoms with Gasteiger partial charge < -0.3 is 15.5 Å². The number of hydrogen-bond acceptors (Lipinski definition) is 5. The Labute approximate surface area is 103 Å². The number of sulfone groups is 1. The van der Waals surface area contributed by atoms with E-state index in [1.54, 1.807) is 0 Å². The predicted molar refractivity (Wildman–Crippen MR) is 61.2 cm³/mol. The van der Waals surface area contributed by atoms with Crippen LogP contribution >= 0.6 is 0 Å². The number of alkyl halides is 2. The first-order chi connectivity index (χ1) is 8.39. The van der Waals surface area contributed by atoms with Gasteiger partial charge in [0.1, 0.15) is 0 Å². The highest BCUT2D eigenvalue weighted by atomic mass is 32.2. The molecule has 0 saturated carbocycles. The molecule has 0 radical (unpaired) electrons. The van der Waals surface area contributed by atoms with Crippen LogP contribution < -0.4 is 5.32 Å². The molecule has 0 aliphatic heterocycles. The first-order valence-corrected chi connectivity index (χ1v) is 6.58. The number of para-hydroxylation sites is 1. The molecule has 0 aliphatic rings. The maximum Gasteiger partial charge on any atom is 0.341 e. The molecule has 0 heterocycles. The number of nitrogens with one attached hydrogen (secondary N) is 1. The summed E-state index contributed by atoms with van der Waals surface area (Å²) in [6.07, 6.45) is -1.10. The molecule has 1 atom stereocenters. The van der Waals surface area contributed by atoms with Crippen molar-refractivity contribution >= 4 is 15.5 Å². The van der Waals surface area contributed by atoms with Gasteiger partial charge in [0.25, 0.3) is 0 Å². The van der Waals surface area contributed by atoms with Crippen molar-refractivity contribution in [3.8, 4) is 0 Å². The monoisotopic (exact) mass is 281 g/mol. The minimum Gasteiger partial charge on any atom is -0.394 e. The maximum absolute atomic E-state index is 12.4. The number of halogens is 2. The molecule has 1 rings (SSSR count). The summed E-state index contributed by atoms with van der Waals surface area (Å²) in [4.78, 5) is -0.537.